The van der Waals surface area contributed by atoms with Crippen molar-refractivity contribution in [3.63, 3.8) is 0 Å². The number of nitrogens with zero attached hydrogens (tertiary/aromatic N) is 5. The number of hydrogen-bond acceptors (Lipinski definition) is 3. The van der Waals surface area contributed by atoms with Crippen molar-refractivity contribution in [3.05, 3.63) is 71.6 Å². The summed E-state index contributed by atoms with van der Waals surface area (Å²) in [7, 11) is 0. The van der Waals surface area contributed by atoms with Crippen LogP contribution in [0.1, 0.15) is 42.5 Å². The number of imidazole rings is 1. The van der Waals surface area contributed by atoms with E-state index in [1.54, 1.807) is 11.1 Å². The van der Waals surface area contributed by atoms with Gasteiger partial charge in [0, 0.05) is 80.9 Å². The van der Waals surface area contributed by atoms with Gasteiger partial charge in [-0.3, -0.25) is 9.20 Å². The smallest absolute Gasteiger partial charge is 0.320 e. The van der Waals surface area contributed by atoms with E-state index in [0.29, 0.717) is 42.5 Å². The fraction of sp³-hybridized carbons (Fsp3) is 0.345. The Hall–Kier alpha value is -4.08. The third-order valence-corrected chi connectivity index (χ3v) is 8.20. The van der Waals surface area contributed by atoms with E-state index >= 15 is 4.39 Å². The first-order valence-electron chi connectivity index (χ1n) is 13.2. The van der Waals surface area contributed by atoms with Crippen LogP contribution in [0, 0.1) is 5.82 Å². The van der Waals surface area contributed by atoms with Gasteiger partial charge in [0.05, 0.1) is 17.4 Å². The summed E-state index contributed by atoms with van der Waals surface area (Å²) in [6.45, 7) is 1.03. The number of pyridine rings is 1. The van der Waals surface area contributed by atoms with Crippen molar-refractivity contribution in [2.75, 3.05) is 19.6 Å². The van der Waals surface area contributed by atoms with Crippen LogP contribution in [-0.2, 0) is 17.9 Å². The van der Waals surface area contributed by atoms with Gasteiger partial charge in [0.15, 0.2) is 5.78 Å². The van der Waals surface area contributed by atoms with Crippen molar-refractivity contribution in [1.82, 2.24) is 23.8 Å². The zero-order valence-electron chi connectivity index (χ0n) is 21.2. The van der Waals surface area contributed by atoms with Crippen LogP contribution in [0.5, 0.6) is 0 Å². The lowest BCUT2D eigenvalue weighted by Gasteiger charge is -2.35. The molecule has 200 valence electrons. The van der Waals surface area contributed by atoms with Crippen LogP contribution in [0.25, 0.3) is 27.7 Å². The van der Waals surface area contributed by atoms with Crippen LogP contribution in [0.15, 0.2) is 48.9 Å². The molecule has 3 aliphatic rings. The van der Waals surface area contributed by atoms with E-state index in [0.717, 1.165) is 28.0 Å². The quantitative estimate of drug-likeness (QED) is 0.348. The topological polar surface area (TPSA) is 62.9 Å². The van der Waals surface area contributed by atoms with Crippen molar-refractivity contribution in [2.45, 2.75) is 44.7 Å². The van der Waals surface area contributed by atoms with E-state index in [9.17, 15) is 18.4 Å². The van der Waals surface area contributed by atoms with Crippen molar-refractivity contribution in [1.29, 1.82) is 0 Å². The molecule has 0 bridgehead atoms. The number of halogens is 3. The highest BCUT2D eigenvalue weighted by Gasteiger charge is 2.37. The van der Waals surface area contributed by atoms with Gasteiger partial charge in [-0.15, -0.1) is 0 Å². The second kappa shape index (κ2) is 8.72. The number of carbonyl (C=O) groups is 2. The number of piperidine rings is 1. The summed E-state index contributed by atoms with van der Waals surface area (Å²) in [4.78, 5) is 33.9. The fourth-order valence-electron chi connectivity index (χ4n) is 6.27. The van der Waals surface area contributed by atoms with Gasteiger partial charge < -0.3 is 14.4 Å². The van der Waals surface area contributed by atoms with Crippen LogP contribution in [0.3, 0.4) is 0 Å². The molecule has 0 atom stereocenters. The number of amides is 2. The number of alkyl halides is 2. The maximum absolute atomic E-state index is 15.0. The molecule has 0 spiro atoms. The molecule has 0 saturated carbocycles. The Balaban J connectivity index is 1.29. The Morgan fingerprint density at radius 3 is 2.64 bits per heavy atom. The van der Waals surface area contributed by atoms with Crippen LogP contribution in [0.2, 0.25) is 0 Å². The molecule has 1 fully saturated rings. The zero-order chi connectivity index (χ0) is 26.9. The average molecular weight is 534 g/mol. The maximum atomic E-state index is 15.0. The monoisotopic (exact) mass is 533 g/mol. The molecule has 5 heterocycles. The van der Waals surface area contributed by atoms with Gasteiger partial charge in [0.25, 0.3) is 5.92 Å². The Morgan fingerprint density at radius 1 is 1.00 bits per heavy atom. The number of ketones is 1. The Labute approximate surface area is 222 Å². The minimum Gasteiger partial charge on any atom is -0.345 e. The molecule has 2 amide bonds. The minimum atomic E-state index is -2.74. The summed E-state index contributed by atoms with van der Waals surface area (Å²) in [5, 5.41) is 0.702. The third-order valence-electron chi connectivity index (χ3n) is 8.20. The second-order valence-corrected chi connectivity index (χ2v) is 10.6. The molecule has 7 rings (SSSR count). The largest absolute Gasteiger partial charge is 0.345 e. The van der Waals surface area contributed by atoms with Crippen molar-refractivity contribution in [3.8, 4) is 0 Å². The number of rotatable bonds is 2. The zero-order valence-corrected chi connectivity index (χ0v) is 21.2. The predicted octanol–water partition coefficient (Wildman–Crippen LogP) is 5.37. The lowest BCUT2D eigenvalue weighted by molar-refractivity contribution is -0.113. The highest BCUT2D eigenvalue weighted by atomic mass is 19.3. The van der Waals surface area contributed by atoms with Crippen molar-refractivity contribution >= 4 is 39.5 Å². The molecular formula is C29H26F3N5O2. The van der Waals surface area contributed by atoms with Gasteiger partial charge in [-0.25, -0.2) is 22.9 Å². The van der Waals surface area contributed by atoms with Crippen LogP contribution >= 0.6 is 0 Å². The molecule has 2 aliphatic heterocycles. The van der Waals surface area contributed by atoms with Gasteiger partial charge in [-0.2, -0.15) is 0 Å². The summed E-state index contributed by atoms with van der Waals surface area (Å²) < 4.78 is 46.2. The second-order valence-electron chi connectivity index (χ2n) is 10.6. The van der Waals surface area contributed by atoms with Crippen LogP contribution in [0.4, 0.5) is 18.0 Å². The molecule has 4 aromatic rings. The number of hydrogen-bond donors (Lipinski definition) is 0. The van der Waals surface area contributed by atoms with Crippen LogP contribution < -0.4 is 0 Å². The first-order valence-corrected chi connectivity index (χ1v) is 13.2. The number of benzene rings is 1. The number of likely N-dealkylation sites (tertiary alicyclic amines) is 1. The van der Waals surface area contributed by atoms with E-state index in [-0.39, 0.29) is 44.3 Å². The van der Waals surface area contributed by atoms with Gasteiger partial charge in [0.2, 0.25) is 0 Å². The summed E-state index contributed by atoms with van der Waals surface area (Å²) in [6.07, 6.45) is 5.77. The van der Waals surface area contributed by atoms with Crippen LogP contribution in [-0.4, -0.2) is 61.1 Å². The third kappa shape index (κ3) is 3.92. The Kier molecular flexibility index (Phi) is 5.37. The first kappa shape index (κ1) is 24.0. The number of carbonyl (C=O) groups excluding carboxylic acids is 2. The summed E-state index contributed by atoms with van der Waals surface area (Å²) >= 11 is 0. The standard InChI is InChI=1S/C29H26F3N5O2/c30-19-13-18-16-36(28(39)34-9-6-29(31,32)7-10-34)12-11-35-17-22(21(14-19)27(18)35)20-4-5-24(38)26(20)23-15-33-25-3-1-2-8-37(23)25/h1-3,8,13-15,17H,4-7,9-12,16H2. The van der Waals surface area contributed by atoms with E-state index in [1.807, 2.05) is 39.6 Å². The molecule has 0 N–H and O–H groups in total. The maximum Gasteiger partial charge on any atom is 0.320 e. The average Bonchev–Trinajstić information content (AvgIpc) is 3.57. The summed E-state index contributed by atoms with van der Waals surface area (Å²) in [5.74, 6) is -3.13. The number of allylic oxidation sites excluding steroid dienone is 2. The lowest BCUT2D eigenvalue weighted by Crippen LogP contribution is -2.49. The normalized spacial score (nSPS) is 19.4. The summed E-state index contributed by atoms with van der Waals surface area (Å²) in [5.41, 5.74) is 5.24. The molecule has 3 aromatic heterocycles. The van der Waals surface area contributed by atoms with Gasteiger partial charge in [-0.05, 0) is 41.8 Å². The molecule has 7 nitrogen and oxygen atoms in total. The predicted molar refractivity (Wildman–Crippen MR) is 140 cm³/mol. The highest BCUT2D eigenvalue weighted by molar-refractivity contribution is 6.31. The molecule has 1 aliphatic carbocycles. The van der Waals surface area contributed by atoms with E-state index in [4.69, 9.17) is 0 Å². The van der Waals surface area contributed by atoms with E-state index < -0.39 is 11.7 Å². The van der Waals surface area contributed by atoms with Crippen molar-refractivity contribution < 1.29 is 22.8 Å². The Morgan fingerprint density at radius 2 is 1.82 bits per heavy atom. The van der Waals surface area contributed by atoms with Gasteiger partial charge >= 0.3 is 6.03 Å². The van der Waals surface area contributed by atoms with E-state index in [1.165, 1.54) is 17.0 Å². The molecule has 10 heteroatoms. The number of urea groups is 1. The number of fused-ring (bicyclic) bond motifs is 1. The molecule has 1 saturated heterocycles. The number of aromatic nitrogens is 3. The molecular weight excluding hydrogens is 507 g/mol. The fourth-order valence-corrected chi connectivity index (χ4v) is 6.27. The van der Waals surface area contributed by atoms with Gasteiger partial charge in [-0.1, -0.05) is 6.07 Å². The minimum absolute atomic E-state index is 0.00555. The highest BCUT2D eigenvalue weighted by Crippen LogP contribution is 2.42. The lowest BCUT2D eigenvalue weighted by atomic mass is 9.98. The molecule has 1 aromatic carbocycles. The SMILES string of the molecule is O=C1CCC(c2cn3c4c(cc(F)cc24)CN(C(=O)N2CCC(F)(F)CC2)CC3)=C1c1cnc2ccccn12. The summed E-state index contributed by atoms with van der Waals surface area (Å²) in [6, 6.07) is 8.30. The van der Waals surface area contributed by atoms with E-state index in [2.05, 4.69) is 4.98 Å². The van der Waals surface area contributed by atoms with Crippen molar-refractivity contribution in [2.24, 2.45) is 0 Å². The number of Topliss-reactive ketones (excluding diaryl/α,β-unsaturated/α-hetero) is 1. The molecule has 0 unspecified atom stereocenters. The first-order chi connectivity index (χ1) is 18.8. The van der Waals surface area contributed by atoms with Gasteiger partial charge in [0.1, 0.15) is 11.5 Å². The molecule has 0 radical (unpaired) electrons. The molecule has 39 heavy (non-hydrogen) atoms. The Bertz CT molecular complexity index is 1690.